The molecule has 1 amide bonds. The van der Waals surface area contributed by atoms with Gasteiger partial charge in [-0.1, -0.05) is 53.0 Å². The Morgan fingerprint density at radius 3 is 2.19 bits per heavy atom. The number of hydrogen-bond acceptors (Lipinski definition) is 2. The van der Waals surface area contributed by atoms with Crippen molar-refractivity contribution in [3.63, 3.8) is 0 Å². The molecular weight excluding hydrogens is 405 g/mol. The largest absolute Gasteiger partial charge is 0.481 e. The summed E-state index contributed by atoms with van der Waals surface area (Å²) < 4.78 is 6.29. The molecule has 138 valence electrons. The molecule has 0 saturated heterocycles. The van der Waals surface area contributed by atoms with Crippen molar-refractivity contribution in [3.8, 4) is 5.75 Å². The predicted octanol–water partition coefficient (Wildman–Crippen LogP) is 6.22. The molecular formula is C21H16Cl3NO2. The topological polar surface area (TPSA) is 52.3 Å². The van der Waals surface area contributed by atoms with Crippen LogP contribution in [0.1, 0.15) is 33.2 Å². The van der Waals surface area contributed by atoms with Gasteiger partial charge in [-0.15, -0.1) is 0 Å². The zero-order valence-electron chi connectivity index (χ0n) is 14.4. The third-order valence-electron chi connectivity index (χ3n) is 4.12. The highest BCUT2D eigenvalue weighted by molar-refractivity contribution is 6.35. The molecule has 6 heteroatoms. The molecule has 3 aromatic carbocycles. The second-order valence-electron chi connectivity index (χ2n) is 6.06. The van der Waals surface area contributed by atoms with Crippen LogP contribution in [0.3, 0.4) is 0 Å². The van der Waals surface area contributed by atoms with E-state index in [1.807, 2.05) is 25.1 Å². The fraction of sp³-hybridized carbons (Fsp3) is 0.0952. The van der Waals surface area contributed by atoms with E-state index >= 15 is 0 Å². The Hall–Kier alpha value is -2.20. The van der Waals surface area contributed by atoms with E-state index in [0.717, 1.165) is 16.7 Å². The number of benzene rings is 3. The Bertz CT molecular complexity index is 987. The summed E-state index contributed by atoms with van der Waals surface area (Å²) in [6, 6.07) is 17.7. The number of carbonyl (C=O) groups excluding carboxylic acids is 1. The highest BCUT2D eigenvalue weighted by Crippen LogP contribution is 2.35. The minimum absolute atomic E-state index is 0.424. The van der Waals surface area contributed by atoms with Gasteiger partial charge in [0.25, 0.3) is 0 Å². The van der Waals surface area contributed by atoms with Crippen LogP contribution in [0.4, 0.5) is 0 Å². The Morgan fingerprint density at radius 1 is 0.926 bits per heavy atom. The molecule has 0 radical (unpaired) electrons. The summed E-state index contributed by atoms with van der Waals surface area (Å²) in [6.45, 7) is 1.85. The van der Waals surface area contributed by atoms with Gasteiger partial charge < -0.3 is 10.5 Å². The van der Waals surface area contributed by atoms with E-state index in [-0.39, 0.29) is 0 Å². The first-order chi connectivity index (χ1) is 12.8. The molecule has 0 saturated carbocycles. The maximum atomic E-state index is 11.4. The van der Waals surface area contributed by atoms with Gasteiger partial charge in [0.1, 0.15) is 5.75 Å². The summed E-state index contributed by atoms with van der Waals surface area (Å²) in [4.78, 5) is 11.4. The van der Waals surface area contributed by atoms with E-state index in [9.17, 15) is 4.79 Å². The van der Waals surface area contributed by atoms with Crippen LogP contribution in [0.15, 0.2) is 60.7 Å². The van der Waals surface area contributed by atoms with Gasteiger partial charge in [0.05, 0.1) is 0 Å². The zero-order chi connectivity index (χ0) is 19.6. The van der Waals surface area contributed by atoms with E-state index < -0.39 is 12.0 Å². The van der Waals surface area contributed by atoms with Crippen molar-refractivity contribution in [2.45, 2.75) is 13.0 Å². The van der Waals surface area contributed by atoms with Crippen LogP contribution in [-0.4, -0.2) is 5.91 Å². The van der Waals surface area contributed by atoms with E-state index in [2.05, 4.69) is 0 Å². The molecule has 3 aromatic rings. The van der Waals surface area contributed by atoms with Crippen LogP contribution in [0.5, 0.6) is 5.75 Å². The van der Waals surface area contributed by atoms with E-state index in [1.165, 1.54) is 0 Å². The number of primary amides is 1. The van der Waals surface area contributed by atoms with Gasteiger partial charge in [0, 0.05) is 26.2 Å². The Morgan fingerprint density at radius 2 is 1.59 bits per heavy atom. The van der Waals surface area contributed by atoms with Gasteiger partial charge in [0.2, 0.25) is 5.91 Å². The van der Waals surface area contributed by atoms with Crippen molar-refractivity contribution in [1.82, 2.24) is 0 Å². The van der Waals surface area contributed by atoms with E-state index in [4.69, 9.17) is 45.3 Å². The molecule has 27 heavy (non-hydrogen) atoms. The number of hydrogen-bond donors (Lipinski definition) is 1. The van der Waals surface area contributed by atoms with Crippen molar-refractivity contribution in [1.29, 1.82) is 0 Å². The van der Waals surface area contributed by atoms with Crippen LogP contribution in [0.2, 0.25) is 15.1 Å². The number of halogens is 3. The summed E-state index contributed by atoms with van der Waals surface area (Å²) >= 11 is 18.5. The van der Waals surface area contributed by atoms with Crippen molar-refractivity contribution >= 4 is 40.7 Å². The lowest BCUT2D eigenvalue weighted by molar-refractivity contribution is 0.1000. The average Bonchev–Trinajstić information content (AvgIpc) is 2.62. The van der Waals surface area contributed by atoms with Gasteiger partial charge >= 0.3 is 0 Å². The van der Waals surface area contributed by atoms with E-state index in [0.29, 0.717) is 26.4 Å². The molecule has 0 aliphatic rings. The number of rotatable bonds is 5. The Labute approximate surface area is 172 Å². The molecule has 0 spiro atoms. The average molecular weight is 421 g/mol. The minimum Gasteiger partial charge on any atom is -0.481 e. The standard InChI is InChI=1S/C21H16Cl3NO2/c1-12-10-14(21(25)26)4-9-19(12)27-20(13-2-5-15(22)6-3-13)17-8-7-16(23)11-18(17)24/h2-11,20H,1H3,(H2,25,26). The molecule has 0 heterocycles. The van der Waals surface area contributed by atoms with Gasteiger partial charge in [0.15, 0.2) is 6.10 Å². The molecule has 0 aromatic heterocycles. The Kier molecular flexibility index (Phi) is 5.95. The van der Waals surface area contributed by atoms with Gasteiger partial charge in [-0.2, -0.15) is 0 Å². The van der Waals surface area contributed by atoms with Crippen molar-refractivity contribution in [2.75, 3.05) is 0 Å². The lowest BCUT2D eigenvalue weighted by Crippen LogP contribution is -2.13. The first-order valence-electron chi connectivity index (χ1n) is 8.12. The van der Waals surface area contributed by atoms with E-state index in [1.54, 1.807) is 42.5 Å². The second kappa shape index (κ2) is 8.22. The van der Waals surface area contributed by atoms with Crippen molar-refractivity contribution < 1.29 is 9.53 Å². The van der Waals surface area contributed by atoms with Crippen LogP contribution in [0.25, 0.3) is 0 Å². The van der Waals surface area contributed by atoms with Crippen LogP contribution >= 0.6 is 34.8 Å². The van der Waals surface area contributed by atoms with Crippen LogP contribution < -0.4 is 10.5 Å². The summed E-state index contributed by atoms with van der Waals surface area (Å²) in [6.07, 6.45) is -0.481. The lowest BCUT2D eigenvalue weighted by Gasteiger charge is -2.22. The maximum absolute atomic E-state index is 11.4. The summed E-state index contributed by atoms with van der Waals surface area (Å²) in [5, 5.41) is 1.66. The molecule has 0 fully saturated rings. The fourth-order valence-corrected chi connectivity index (χ4v) is 3.36. The maximum Gasteiger partial charge on any atom is 0.248 e. The van der Waals surface area contributed by atoms with Crippen molar-refractivity contribution in [2.24, 2.45) is 5.73 Å². The second-order valence-corrected chi connectivity index (χ2v) is 7.34. The number of carbonyl (C=O) groups is 1. The highest BCUT2D eigenvalue weighted by Gasteiger charge is 2.20. The van der Waals surface area contributed by atoms with Gasteiger partial charge in [-0.3, -0.25) is 4.79 Å². The fourth-order valence-electron chi connectivity index (χ4n) is 2.72. The normalized spacial score (nSPS) is 11.9. The SMILES string of the molecule is Cc1cc(C(N)=O)ccc1OC(c1ccc(Cl)cc1)c1ccc(Cl)cc1Cl. The van der Waals surface area contributed by atoms with Crippen LogP contribution in [0, 0.1) is 6.92 Å². The molecule has 3 nitrogen and oxygen atoms in total. The first kappa shape index (κ1) is 19.6. The van der Waals surface area contributed by atoms with Gasteiger partial charge in [-0.05, 0) is 60.5 Å². The molecule has 0 aliphatic heterocycles. The third-order valence-corrected chi connectivity index (χ3v) is 4.94. The molecule has 0 bridgehead atoms. The molecule has 3 rings (SSSR count). The minimum atomic E-state index is -0.486. The zero-order valence-corrected chi connectivity index (χ0v) is 16.6. The smallest absolute Gasteiger partial charge is 0.248 e. The van der Waals surface area contributed by atoms with Gasteiger partial charge in [-0.25, -0.2) is 0 Å². The quantitative estimate of drug-likeness (QED) is 0.532. The Balaban J connectivity index is 2.05. The predicted molar refractivity (Wildman–Crippen MR) is 110 cm³/mol. The highest BCUT2D eigenvalue weighted by atomic mass is 35.5. The summed E-state index contributed by atoms with van der Waals surface area (Å²) in [5.41, 5.74) is 8.20. The number of aryl methyl sites for hydroxylation is 1. The number of nitrogens with two attached hydrogens (primary N) is 1. The first-order valence-corrected chi connectivity index (χ1v) is 9.26. The van der Waals surface area contributed by atoms with Crippen molar-refractivity contribution in [3.05, 3.63) is 98.0 Å². The molecule has 1 unspecified atom stereocenters. The van der Waals surface area contributed by atoms with Crippen LogP contribution in [-0.2, 0) is 0 Å². The third kappa shape index (κ3) is 4.56. The molecule has 2 N–H and O–H groups in total. The number of ether oxygens (including phenoxy) is 1. The lowest BCUT2D eigenvalue weighted by atomic mass is 10.0. The molecule has 1 atom stereocenters. The summed E-state index contributed by atoms with van der Waals surface area (Å²) in [7, 11) is 0. The monoisotopic (exact) mass is 419 g/mol. The molecule has 0 aliphatic carbocycles. The summed E-state index contributed by atoms with van der Waals surface area (Å²) in [5.74, 6) is 0.130. The number of amides is 1.